The van der Waals surface area contributed by atoms with E-state index in [-0.39, 0.29) is 0 Å². The summed E-state index contributed by atoms with van der Waals surface area (Å²) >= 11 is 9.77. The Hall–Kier alpha value is -0.750. The summed E-state index contributed by atoms with van der Waals surface area (Å²) in [5.74, 6) is 5.50. The number of aryl methyl sites for hydroxylation is 1. The number of H-pyrrole nitrogens is 1. The summed E-state index contributed by atoms with van der Waals surface area (Å²) in [7, 11) is 0. The molecule has 0 atom stereocenters. The molecule has 0 aliphatic rings. The number of nitrogens with one attached hydrogen (secondary N) is 1. The fourth-order valence-electron chi connectivity index (χ4n) is 0.679. The molecule has 1 aromatic rings. The van der Waals surface area contributed by atoms with Gasteiger partial charge in [0.1, 0.15) is 0 Å². The fraction of sp³-hybridized carbons (Fsp3) is 0.400. The first-order chi connectivity index (χ1) is 5.16. The second-order valence-corrected chi connectivity index (χ2v) is 2.78. The van der Waals surface area contributed by atoms with Gasteiger partial charge in [-0.3, -0.25) is 5.10 Å². The van der Waals surface area contributed by atoms with Crippen LogP contribution in [-0.4, -0.2) is 14.9 Å². The van der Waals surface area contributed by atoms with Crippen molar-refractivity contribution in [3.8, 4) is 0 Å². The molecule has 0 spiro atoms. The molecule has 1 rings (SSSR count). The Morgan fingerprint density at radius 1 is 1.64 bits per heavy atom. The molecule has 1 heterocycles. The minimum absolute atomic E-state index is 0.340. The smallest absolute Gasteiger partial charge is 0.213 e. The lowest BCUT2D eigenvalue weighted by molar-refractivity contribution is 0.773. The molecular formula is C5H8N4S2. The van der Waals surface area contributed by atoms with Crippen molar-refractivity contribution in [1.82, 2.24) is 14.9 Å². The summed E-state index contributed by atoms with van der Waals surface area (Å²) in [6.07, 6.45) is 0.752. The molecule has 0 saturated heterocycles. The van der Waals surface area contributed by atoms with Crippen molar-refractivity contribution in [1.29, 1.82) is 0 Å². The highest BCUT2D eigenvalue weighted by molar-refractivity contribution is 7.72. The van der Waals surface area contributed by atoms with E-state index in [4.69, 9.17) is 30.3 Å². The zero-order chi connectivity index (χ0) is 8.43. The molecule has 0 aliphatic carbocycles. The van der Waals surface area contributed by atoms with Crippen molar-refractivity contribution < 1.29 is 0 Å². The molecule has 6 heteroatoms. The van der Waals surface area contributed by atoms with Crippen molar-refractivity contribution in [2.45, 2.75) is 13.3 Å². The van der Waals surface area contributed by atoms with Crippen LogP contribution in [0.1, 0.15) is 12.6 Å². The maximum atomic E-state index is 5.50. The molecule has 0 radical (unpaired) electrons. The van der Waals surface area contributed by atoms with Gasteiger partial charge in [0.05, 0.1) is 5.69 Å². The molecule has 0 aromatic carbocycles. The normalized spacial score (nSPS) is 9.91. The molecule has 0 aliphatic heterocycles. The molecule has 0 unspecified atom stereocenters. The van der Waals surface area contributed by atoms with Crippen LogP contribution >= 0.6 is 24.4 Å². The minimum Gasteiger partial charge on any atom is -0.336 e. The number of aromatic nitrogens is 3. The van der Waals surface area contributed by atoms with Gasteiger partial charge in [-0.25, -0.2) is 4.68 Å². The van der Waals surface area contributed by atoms with Crippen LogP contribution < -0.4 is 5.84 Å². The van der Waals surface area contributed by atoms with Gasteiger partial charge in [-0.2, -0.15) is 5.10 Å². The van der Waals surface area contributed by atoms with Crippen molar-refractivity contribution in [2.75, 3.05) is 5.84 Å². The Morgan fingerprint density at radius 2 is 2.27 bits per heavy atom. The molecular weight excluding hydrogens is 180 g/mol. The van der Waals surface area contributed by atoms with Gasteiger partial charge in [-0.1, -0.05) is 19.1 Å². The molecule has 60 valence electrons. The van der Waals surface area contributed by atoms with Crippen LogP contribution in [0.25, 0.3) is 0 Å². The molecule has 0 saturated carbocycles. The number of rotatable bonds is 1. The van der Waals surface area contributed by atoms with E-state index in [2.05, 4.69) is 10.2 Å². The second-order valence-electron chi connectivity index (χ2n) is 2.00. The van der Waals surface area contributed by atoms with Crippen molar-refractivity contribution in [3.05, 3.63) is 15.1 Å². The third kappa shape index (κ3) is 1.46. The maximum absolute atomic E-state index is 5.50. The summed E-state index contributed by atoms with van der Waals surface area (Å²) in [5, 5.41) is 6.52. The number of nitrogens with two attached hydrogens (primary N) is 1. The second kappa shape index (κ2) is 3.10. The molecule has 3 N–H and O–H groups in total. The Balaban J connectivity index is 3.50. The van der Waals surface area contributed by atoms with Gasteiger partial charge in [0.15, 0.2) is 4.64 Å². The summed E-state index contributed by atoms with van der Waals surface area (Å²) in [5.41, 5.74) is 0.760. The first-order valence-electron chi connectivity index (χ1n) is 3.12. The molecule has 0 fully saturated rings. The lowest BCUT2D eigenvalue weighted by Gasteiger charge is -2.00. The number of nitrogens with zero attached hydrogens (tertiary/aromatic N) is 2. The number of hydrogen-bond donors (Lipinski definition) is 2. The van der Waals surface area contributed by atoms with E-state index in [1.807, 2.05) is 6.92 Å². The zero-order valence-corrected chi connectivity index (χ0v) is 7.63. The minimum atomic E-state index is 0.340. The number of aromatic amines is 1. The average Bonchev–Trinajstić information content (AvgIpc) is 2.01. The van der Waals surface area contributed by atoms with Crippen molar-refractivity contribution >= 4 is 24.4 Å². The number of nitrogen functional groups attached to an aromatic ring is 1. The third-order valence-corrected chi connectivity index (χ3v) is 2.03. The van der Waals surface area contributed by atoms with Crippen molar-refractivity contribution in [3.63, 3.8) is 0 Å². The van der Waals surface area contributed by atoms with Crippen LogP contribution in [0, 0.1) is 9.41 Å². The van der Waals surface area contributed by atoms with Gasteiger partial charge in [0.2, 0.25) is 4.77 Å². The topological polar surface area (TPSA) is 59.6 Å². The Labute approximate surface area is 74.0 Å². The predicted molar refractivity (Wildman–Crippen MR) is 47.8 cm³/mol. The monoisotopic (exact) mass is 188 g/mol. The highest BCUT2D eigenvalue weighted by Gasteiger charge is 1.96. The molecule has 0 bridgehead atoms. The van der Waals surface area contributed by atoms with Crippen molar-refractivity contribution in [2.24, 2.45) is 0 Å². The maximum Gasteiger partial charge on any atom is 0.213 e. The first kappa shape index (κ1) is 8.35. The largest absolute Gasteiger partial charge is 0.336 e. The van der Waals surface area contributed by atoms with Gasteiger partial charge in [-0.05, 0) is 18.6 Å². The summed E-state index contributed by atoms with van der Waals surface area (Å²) in [6, 6.07) is 0. The SMILES string of the molecule is CCc1n[nH]c(=S)n(N)c1=S. The summed E-state index contributed by atoms with van der Waals surface area (Å²) in [6.45, 7) is 1.95. The standard InChI is InChI=1S/C5H8N4S2/c1-2-3-4(10)9(6)5(11)8-7-3/h2,6H2,1H3,(H,8,11). The zero-order valence-electron chi connectivity index (χ0n) is 6.00. The van der Waals surface area contributed by atoms with E-state index in [9.17, 15) is 0 Å². The molecule has 0 amide bonds. The summed E-state index contributed by atoms with van der Waals surface area (Å²) in [4.78, 5) is 0. The van der Waals surface area contributed by atoms with Gasteiger partial charge in [0, 0.05) is 0 Å². The lowest BCUT2D eigenvalue weighted by atomic mass is 10.4. The molecule has 11 heavy (non-hydrogen) atoms. The third-order valence-electron chi connectivity index (χ3n) is 1.31. The Morgan fingerprint density at radius 3 is 2.82 bits per heavy atom. The van der Waals surface area contributed by atoms with Crippen LogP contribution in [0.3, 0.4) is 0 Å². The van der Waals surface area contributed by atoms with Crippen LogP contribution in [0.2, 0.25) is 0 Å². The van der Waals surface area contributed by atoms with Gasteiger partial charge in [0.25, 0.3) is 0 Å². The van der Waals surface area contributed by atoms with Crippen LogP contribution in [0.5, 0.6) is 0 Å². The highest BCUT2D eigenvalue weighted by Crippen LogP contribution is 1.95. The Bertz CT molecular complexity index is 363. The van der Waals surface area contributed by atoms with E-state index < -0.39 is 0 Å². The first-order valence-corrected chi connectivity index (χ1v) is 3.94. The van der Waals surface area contributed by atoms with E-state index in [0.717, 1.165) is 12.1 Å². The van der Waals surface area contributed by atoms with Gasteiger partial charge in [-0.15, -0.1) is 0 Å². The van der Waals surface area contributed by atoms with Crippen LogP contribution in [-0.2, 0) is 6.42 Å². The van der Waals surface area contributed by atoms with E-state index in [0.29, 0.717) is 9.41 Å². The van der Waals surface area contributed by atoms with E-state index >= 15 is 0 Å². The summed E-state index contributed by atoms with van der Waals surface area (Å²) < 4.78 is 2.08. The van der Waals surface area contributed by atoms with E-state index in [1.165, 1.54) is 4.68 Å². The average molecular weight is 188 g/mol. The Kier molecular flexibility index (Phi) is 2.35. The predicted octanol–water partition coefficient (Wildman–Crippen LogP) is 0.946. The van der Waals surface area contributed by atoms with Gasteiger partial charge < -0.3 is 5.84 Å². The van der Waals surface area contributed by atoms with Crippen LogP contribution in [0.4, 0.5) is 0 Å². The number of hydrogen-bond acceptors (Lipinski definition) is 4. The van der Waals surface area contributed by atoms with Crippen LogP contribution in [0.15, 0.2) is 0 Å². The van der Waals surface area contributed by atoms with Gasteiger partial charge >= 0.3 is 0 Å². The fourth-order valence-corrected chi connectivity index (χ4v) is 1.15. The van der Waals surface area contributed by atoms with E-state index in [1.54, 1.807) is 0 Å². The molecule has 1 aromatic heterocycles. The lowest BCUT2D eigenvalue weighted by Crippen LogP contribution is -2.15. The molecule has 4 nitrogen and oxygen atoms in total. The highest BCUT2D eigenvalue weighted by atomic mass is 32.1. The quantitative estimate of drug-likeness (QED) is 0.509.